The molecule has 1 aromatic carbocycles. The van der Waals surface area contributed by atoms with Crippen molar-refractivity contribution in [2.45, 2.75) is 32.7 Å². The van der Waals surface area contributed by atoms with Gasteiger partial charge in [0.05, 0.1) is 39.7 Å². The molecule has 0 fully saturated rings. The summed E-state index contributed by atoms with van der Waals surface area (Å²) < 4.78 is 17.6. The molecule has 0 N–H and O–H groups in total. The van der Waals surface area contributed by atoms with E-state index in [9.17, 15) is 4.79 Å². The van der Waals surface area contributed by atoms with Crippen molar-refractivity contribution < 1.29 is 23.5 Å². The zero-order chi connectivity index (χ0) is 17.5. The van der Waals surface area contributed by atoms with Crippen molar-refractivity contribution >= 4 is 5.78 Å². The average molecular weight is 332 g/mol. The van der Waals surface area contributed by atoms with Crippen molar-refractivity contribution in [2.75, 3.05) is 34.5 Å². The summed E-state index contributed by atoms with van der Waals surface area (Å²) in [7, 11) is 6.00. The maximum atomic E-state index is 12.5. The van der Waals surface area contributed by atoms with Gasteiger partial charge >= 0.3 is 0 Å². The molecule has 0 saturated heterocycles. The molecule has 0 aromatic heterocycles. The SMILES string of the molecule is COc1c2c(cc3c1C(CC(=O)C=C(C)C)[N+](C)(C)CC3)OCO2. The van der Waals surface area contributed by atoms with Crippen LogP contribution in [-0.4, -0.2) is 44.8 Å². The van der Waals surface area contributed by atoms with Gasteiger partial charge in [0.2, 0.25) is 12.5 Å². The van der Waals surface area contributed by atoms with Gasteiger partial charge in [0.25, 0.3) is 0 Å². The number of methoxy groups -OCH3 is 1. The summed E-state index contributed by atoms with van der Waals surface area (Å²) in [5.74, 6) is 2.28. The number of likely N-dealkylation sites (N-methyl/N-ethyl adjacent to an activating group) is 1. The average Bonchev–Trinajstić information content (AvgIpc) is 2.95. The monoisotopic (exact) mass is 332 g/mol. The molecule has 5 nitrogen and oxygen atoms in total. The summed E-state index contributed by atoms with van der Waals surface area (Å²) in [6, 6.07) is 2.10. The highest BCUT2D eigenvalue weighted by Gasteiger charge is 2.41. The van der Waals surface area contributed by atoms with Crippen molar-refractivity contribution in [2.24, 2.45) is 0 Å². The lowest BCUT2D eigenvalue weighted by Crippen LogP contribution is -2.48. The highest BCUT2D eigenvalue weighted by atomic mass is 16.7. The van der Waals surface area contributed by atoms with Crippen LogP contribution in [0.2, 0.25) is 0 Å². The standard InChI is InChI=1S/C19H26NO4/c1-12(2)8-14(21)10-15-17-13(6-7-20(15,3)4)9-16-18(19(17)22-5)24-11-23-16/h8-9,15H,6-7,10-11H2,1-5H3/q+1. The Kier molecular flexibility index (Phi) is 4.30. The van der Waals surface area contributed by atoms with Gasteiger partial charge < -0.3 is 18.7 Å². The molecule has 0 saturated carbocycles. The number of carbonyl (C=O) groups is 1. The van der Waals surface area contributed by atoms with Gasteiger partial charge in [0.15, 0.2) is 17.3 Å². The lowest BCUT2D eigenvalue weighted by molar-refractivity contribution is -0.922. The minimum Gasteiger partial charge on any atom is -0.492 e. The third kappa shape index (κ3) is 2.88. The van der Waals surface area contributed by atoms with Crippen molar-refractivity contribution in [3.05, 3.63) is 28.8 Å². The van der Waals surface area contributed by atoms with Crippen LogP contribution in [0.4, 0.5) is 0 Å². The van der Waals surface area contributed by atoms with E-state index in [0.29, 0.717) is 12.2 Å². The van der Waals surface area contributed by atoms with Crippen LogP contribution < -0.4 is 14.2 Å². The van der Waals surface area contributed by atoms with Crippen LogP contribution in [0, 0.1) is 0 Å². The number of benzene rings is 1. The molecule has 5 heteroatoms. The summed E-state index contributed by atoms with van der Waals surface area (Å²) in [4.78, 5) is 12.5. The molecule has 2 aliphatic rings. The van der Waals surface area contributed by atoms with Crippen LogP contribution in [0.25, 0.3) is 0 Å². The molecular weight excluding hydrogens is 306 g/mol. The first-order chi connectivity index (χ1) is 11.3. The predicted molar refractivity (Wildman–Crippen MR) is 91.6 cm³/mol. The van der Waals surface area contributed by atoms with E-state index >= 15 is 0 Å². The zero-order valence-corrected chi connectivity index (χ0v) is 15.1. The smallest absolute Gasteiger partial charge is 0.231 e. The number of rotatable bonds is 4. The zero-order valence-electron chi connectivity index (χ0n) is 15.1. The van der Waals surface area contributed by atoms with E-state index in [0.717, 1.165) is 40.1 Å². The third-order valence-corrected chi connectivity index (χ3v) is 4.93. The fraction of sp³-hybridized carbons (Fsp3) is 0.526. The van der Waals surface area contributed by atoms with Gasteiger partial charge in [-0.1, -0.05) is 5.57 Å². The molecule has 1 unspecified atom stereocenters. The lowest BCUT2D eigenvalue weighted by atomic mass is 9.86. The lowest BCUT2D eigenvalue weighted by Gasteiger charge is -2.43. The maximum absolute atomic E-state index is 12.5. The van der Waals surface area contributed by atoms with Gasteiger partial charge in [-0.25, -0.2) is 0 Å². The van der Waals surface area contributed by atoms with Crippen LogP contribution in [0.5, 0.6) is 17.2 Å². The van der Waals surface area contributed by atoms with Gasteiger partial charge in [-0.2, -0.15) is 0 Å². The molecule has 0 bridgehead atoms. The van der Waals surface area contributed by atoms with E-state index < -0.39 is 0 Å². The van der Waals surface area contributed by atoms with Crippen LogP contribution in [0.3, 0.4) is 0 Å². The molecule has 0 spiro atoms. The molecule has 130 valence electrons. The number of allylic oxidation sites excluding steroid dienone is 2. The number of hydrogen-bond donors (Lipinski definition) is 0. The normalized spacial score (nSPS) is 20.3. The number of nitrogens with zero attached hydrogens (tertiary/aromatic N) is 1. The van der Waals surface area contributed by atoms with Gasteiger partial charge in [-0.3, -0.25) is 4.79 Å². The Hall–Kier alpha value is -2.01. The van der Waals surface area contributed by atoms with Gasteiger partial charge in [-0.15, -0.1) is 0 Å². The maximum Gasteiger partial charge on any atom is 0.231 e. The quantitative estimate of drug-likeness (QED) is 0.628. The van der Waals surface area contributed by atoms with Crippen molar-refractivity contribution in [3.63, 3.8) is 0 Å². The van der Waals surface area contributed by atoms with Crippen LogP contribution >= 0.6 is 0 Å². The van der Waals surface area contributed by atoms with Gasteiger partial charge in [0.1, 0.15) is 6.04 Å². The number of carbonyl (C=O) groups excluding carboxylic acids is 1. The highest BCUT2D eigenvalue weighted by Crippen LogP contribution is 2.51. The minimum absolute atomic E-state index is 0.0429. The molecule has 2 heterocycles. The summed E-state index contributed by atoms with van der Waals surface area (Å²) >= 11 is 0. The first-order valence-electron chi connectivity index (χ1n) is 8.33. The molecule has 0 aliphatic carbocycles. The van der Waals surface area contributed by atoms with Crippen molar-refractivity contribution in [1.29, 1.82) is 0 Å². The summed E-state index contributed by atoms with van der Waals surface area (Å²) in [5, 5.41) is 0. The number of quaternary nitrogens is 1. The topological polar surface area (TPSA) is 44.8 Å². The molecular formula is C19H26NO4+. The van der Waals surface area contributed by atoms with Crippen molar-refractivity contribution in [1.82, 2.24) is 0 Å². The Morgan fingerprint density at radius 2 is 2.12 bits per heavy atom. The number of fused-ring (bicyclic) bond motifs is 2. The van der Waals surface area contributed by atoms with E-state index in [2.05, 4.69) is 20.2 Å². The fourth-order valence-corrected chi connectivity index (χ4v) is 3.69. The second-order valence-corrected chi connectivity index (χ2v) is 7.38. The second-order valence-electron chi connectivity index (χ2n) is 7.38. The molecule has 0 amide bonds. The first-order valence-corrected chi connectivity index (χ1v) is 8.33. The van der Waals surface area contributed by atoms with Crippen molar-refractivity contribution in [3.8, 4) is 17.2 Å². The number of ketones is 1. The number of ether oxygens (including phenoxy) is 3. The Morgan fingerprint density at radius 3 is 2.79 bits per heavy atom. The third-order valence-electron chi connectivity index (χ3n) is 4.93. The largest absolute Gasteiger partial charge is 0.492 e. The van der Waals surface area contributed by atoms with Crippen LogP contribution in [0.15, 0.2) is 17.7 Å². The first kappa shape index (κ1) is 16.8. The number of hydrogen-bond acceptors (Lipinski definition) is 4. The molecule has 24 heavy (non-hydrogen) atoms. The molecule has 1 aromatic rings. The molecule has 1 atom stereocenters. The van der Waals surface area contributed by atoms with Crippen LogP contribution in [0.1, 0.15) is 37.4 Å². The highest BCUT2D eigenvalue weighted by molar-refractivity contribution is 5.90. The Morgan fingerprint density at radius 1 is 1.38 bits per heavy atom. The van der Waals surface area contributed by atoms with Gasteiger partial charge in [0, 0.05) is 6.42 Å². The van der Waals surface area contributed by atoms with E-state index in [1.54, 1.807) is 13.2 Å². The minimum atomic E-state index is 0.0429. The molecule has 3 rings (SSSR count). The Bertz CT molecular complexity index is 702. The summed E-state index contributed by atoms with van der Waals surface area (Å²) in [6.07, 6.45) is 3.12. The Balaban J connectivity index is 2.09. The summed E-state index contributed by atoms with van der Waals surface area (Å²) in [5.41, 5.74) is 3.32. The van der Waals surface area contributed by atoms with E-state index in [4.69, 9.17) is 14.2 Å². The van der Waals surface area contributed by atoms with E-state index in [1.165, 1.54) is 5.56 Å². The molecule has 0 radical (unpaired) electrons. The van der Waals surface area contributed by atoms with Crippen LogP contribution in [-0.2, 0) is 11.2 Å². The summed E-state index contributed by atoms with van der Waals surface area (Å²) in [6.45, 7) is 5.09. The van der Waals surface area contributed by atoms with E-state index in [1.807, 2.05) is 13.8 Å². The second kappa shape index (κ2) is 6.13. The molecule has 2 aliphatic heterocycles. The predicted octanol–water partition coefficient (Wildman–Crippen LogP) is 3.02. The fourth-order valence-electron chi connectivity index (χ4n) is 3.69. The van der Waals surface area contributed by atoms with Gasteiger partial charge in [-0.05, 0) is 31.6 Å². The van der Waals surface area contributed by atoms with E-state index in [-0.39, 0.29) is 18.6 Å². The Labute approximate surface area is 143 Å².